The third-order valence-corrected chi connectivity index (χ3v) is 2.45. The average Bonchev–Trinajstić information content (AvgIpc) is 2.35. The molecule has 0 spiro atoms. The van der Waals surface area contributed by atoms with Crippen LogP contribution in [0.25, 0.3) is 0 Å². The molecule has 1 aromatic heterocycles. The normalized spacial score (nSPS) is 12.4. The second kappa shape index (κ2) is 4.97. The predicted octanol–water partition coefficient (Wildman–Crippen LogP) is 2.00. The van der Waals surface area contributed by atoms with E-state index in [1.807, 2.05) is 0 Å². The van der Waals surface area contributed by atoms with Gasteiger partial charge in [0.15, 0.2) is 11.6 Å². The van der Waals surface area contributed by atoms with Crippen molar-refractivity contribution in [2.45, 2.75) is 12.5 Å². The van der Waals surface area contributed by atoms with Gasteiger partial charge in [-0.2, -0.15) is 0 Å². The SMILES string of the molecule is NC(Cc1ccc(F)c(F)c1)c1cncnc1. The van der Waals surface area contributed by atoms with Crippen LogP contribution in [0.5, 0.6) is 0 Å². The lowest BCUT2D eigenvalue weighted by molar-refractivity contribution is 0.506. The van der Waals surface area contributed by atoms with E-state index >= 15 is 0 Å². The molecule has 0 saturated heterocycles. The summed E-state index contributed by atoms with van der Waals surface area (Å²) in [7, 11) is 0. The summed E-state index contributed by atoms with van der Waals surface area (Å²) in [5, 5.41) is 0. The Bertz CT molecular complexity index is 502. The number of benzene rings is 1. The number of rotatable bonds is 3. The molecule has 0 bridgehead atoms. The molecular weight excluding hydrogens is 224 g/mol. The molecular formula is C12H11F2N3. The van der Waals surface area contributed by atoms with Gasteiger partial charge in [0.05, 0.1) is 0 Å². The molecule has 1 heterocycles. The summed E-state index contributed by atoms with van der Waals surface area (Å²) in [5.41, 5.74) is 7.32. The quantitative estimate of drug-likeness (QED) is 0.885. The van der Waals surface area contributed by atoms with Gasteiger partial charge in [0, 0.05) is 24.0 Å². The highest BCUT2D eigenvalue weighted by Crippen LogP contribution is 2.16. The van der Waals surface area contributed by atoms with Crippen LogP contribution in [0.3, 0.4) is 0 Å². The standard InChI is InChI=1S/C12H11F2N3/c13-10-2-1-8(3-11(10)14)4-12(15)9-5-16-7-17-6-9/h1-3,5-7,12H,4,15H2. The van der Waals surface area contributed by atoms with E-state index in [9.17, 15) is 8.78 Å². The molecule has 1 aromatic carbocycles. The molecule has 0 radical (unpaired) electrons. The van der Waals surface area contributed by atoms with Gasteiger partial charge in [0.2, 0.25) is 0 Å². The lowest BCUT2D eigenvalue weighted by Gasteiger charge is -2.11. The molecule has 0 aliphatic heterocycles. The van der Waals surface area contributed by atoms with Crippen molar-refractivity contribution in [1.29, 1.82) is 0 Å². The van der Waals surface area contributed by atoms with Crippen LogP contribution in [0.2, 0.25) is 0 Å². The Morgan fingerprint density at radius 1 is 1.12 bits per heavy atom. The summed E-state index contributed by atoms with van der Waals surface area (Å²) in [6, 6.07) is 3.43. The first-order valence-electron chi connectivity index (χ1n) is 5.11. The lowest BCUT2D eigenvalue weighted by atomic mass is 10.0. The predicted molar refractivity (Wildman–Crippen MR) is 59.0 cm³/mol. The van der Waals surface area contributed by atoms with Crippen LogP contribution >= 0.6 is 0 Å². The first kappa shape index (κ1) is 11.6. The van der Waals surface area contributed by atoms with Crippen LogP contribution in [-0.2, 0) is 6.42 Å². The van der Waals surface area contributed by atoms with Crippen molar-refractivity contribution in [1.82, 2.24) is 9.97 Å². The number of nitrogens with zero attached hydrogens (tertiary/aromatic N) is 2. The molecule has 0 saturated carbocycles. The Balaban J connectivity index is 2.13. The second-order valence-electron chi connectivity index (χ2n) is 3.73. The van der Waals surface area contributed by atoms with Gasteiger partial charge in [-0.15, -0.1) is 0 Å². The molecule has 2 aromatic rings. The van der Waals surface area contributed by atoms with E-state index in [0.717, 1.165) is 17.7 Å². The van der Waals surface area contributed by atoms with Crippen molar-refractivity contribution in [3.8, 4) is 0 Å². The molecule has 2 rings (SSSR count). The second-order valence-corrected chi connectivity index (χ2v) is 3.73. The maximum absolute atomic E-state index is 13.0. The minimum absolute atomic E-state index is 0.332. The highest BCUT2D eigenvalue weighted by Gasteiger charge is 2.09. The van der Waals surface area contributed by atoms with E-state index in [4.69, 9.17) is 5.73 Å². The molecule has 88 valence electrons. The minimum Gasteiger partial charge on any atom is -0.324 e. The van der Waals surface area contributed by atoms with E-state index in [-0.39, 0.29) is 6.04 Å². The van der Waals surface area contributed by atoms with Crippen LogP contribution in [0.1, 0.15) is 17.2 Å². The van der Waals surface area contributed by atoms with Gasteiger partial charge in [0.25, 0.3) is 0 Å². The van der Waals surface area contributed by atoms with Gasteiger partial charge in [-0.1, -0.05) is 6.07 Å². The number of halogens is 2. The summed E-state index contributed by atoms with van der Waals surface area (Å²) in [6.45, 7) is 0. The average molecular weight is 235 g/mol. The smallest absolute Gasteiger partial charge is 0.159 e. The molecule has 17 heavy (non-hydrogen) atoms. The van der Waals surface area contributed by atoms with Gasteiger partial charge in [-0.3, -0.25) is 0 Å². The van der Waals surface area contributed by atoms with Crippen LogP contribution in [0.4, 0.5) is 8.78 Å². The summed E-state index contributed by atoms with van der Waals surface area (Å²) in [4.78, 5) is 7.71. The first-order valence-corrected chi connectivity index (χ1v) is 5.11. The molecule has 0 aliphatic rings. The van der Waals surface area contributed by atoms with Gasteiger partial charge >= 0.3 is 0 Å². The Morgan fingerprint density at radius 3 is 2.47 bits per heavy atom. The summed E-state index contributed by atoms with van der Waals surface area (Å²) in [6.07, 6.45) is 5.04. The fourth-order valence-corrected chi connectivity index (χ4v) is 1.54. The van der Waals surface area contributed by atoms with Crippen molar-refractivity contribution in [2.24, 2.45) is 5.73 Å². The van der Waals surface area contributed by atoms with Crippen molar-refractivity contribution < 1.29 is 8.78 Å². The Hall–Kier alpha value is -1.88. The minimum atomic E-state index is -0.862. The third-order valence-electron chi connectivity index (χ3n) is 2.45. The maximum atomic E-state index is 13.0. The zero-order chi connectivity index (χ0) is 12.3. The molecule has 2 N–H and O–H groups in total. The molecule has 0 amide bonds. The lowest BCUT2D eigenvalue weighted by Crippen LogP contribution is -2.14. The molecule has 1 unspecified atom stereocenters. The fourth-order valence-electron chi connectivity index (χ4n) is 1.54. The van der Waals surface area contributed by atoms with Crippen LogP contribution in [0.15, 0.2) is 36.9 Å². The zero-order valence-electron chi connectivity index (χ0n) is 8.98. The van der Waals surface area contributed by atoms with Crippen molar-refractivity contribution in [2.75, 3.05) is 0 Å². The molecule has 3 nitrogen and oxygen atoms in total. The highest BCUT2D eigenvalue weighted by molar-refractivity contribution is 5.21. The number of hydrogen-bond acceptors (Lipinski definition) is 3. The monoisotopic (exact) mass is 235 g/mol. The van der Waals surface area contributed by atoms with Gasteiger partial charge in [0.1, 0.15) is 6.33 Å². The van der Waals surface area contributed by atoms with Crippen molar-refractivity contribution in [3.63, 3.8) is 0 Å². The molecule has 5 heteroatoms. The van der Waals surface area contributed by atoms with Gasteiger partial charge in [-0.05, 0) is 24.1 Å². The highest BCUT2D eigenvalue weighted by atomic mass is 19.2. The maximum Gasteiger partial charge on any atom is 0.159 e. The summed E-state index contributed by atoms with van der Waals surface area (Å²) in [5.74, 6) is -1.72. The first-order chi connectivity index (χ1) is 8.16. The third kappa shape index (κ3) is 2.82. The Kier molecular flexibility index (Phi) is 3.39. The molecule has 0 aliphatic carbocycles. The van der Waals surface area contributed by atoms with E-state index in [1.54, 1.807) is 12.4 Å². The van der Waals surface area contributed by atoms with Crippen LogP contribution < -0.4 is 5.73 Å². The fraction of sp³-hybridized carbons (Fsp3) is 0.167. The van der Waals surface area contributed by atoms with Crippen molar-refractivity contribution >= 4 is 0 Å². The topological polar surface area (TPSA) is 51.8 Å². The summed E-state index contributed by atoms with van der Waals surface area (Å²) >= 11 is 0. The van der Waals surface area contributed by atoms with Crippen molar-refractivity contribution in [3.05, 3.63) is 59.7 Å². The number of aromatic nitrogens is 2. The van der Waals surface area contributed by atoms with Gasteiger partial charge < -0.3 is 5.73 Å². The van der Waals surface area contributed by atoms with Gasteiger partial charge in [-0.25, -0.2) is 18.7 Å². The number of hydrogen-bond donors (Lipinski definition) is 1. The van der Waals surface area contributed by atoms with E-state index < -0.39 is 11.6 Å². The Labute approximate surface area is 97.3 Å². The largest absolute Gasteiger partial charge is 0.324 e. The van der Waals surface area contributed by atoms with E-state index in [2.05, 4.69) is 9.97 Å². The number of nitrogens with two attached hydrogens (primary N) is 1. The Morgan fingerprint density at radius 2 is 1.82 bits per heavy atom. The van der Waals surface area contributed by atoms with Crippen LogP contribution in [-0.4, -0.2) is 9.97 Å². The molecule has 1 atom stereocenters. The molecule has 0 fully saturated rings. The van der Waals surface area contributed by atoms with Crippen LogP contribution in [0, 0.1) is 11.6 Å². The zero-order valence-corrected chi connectivity index (χ0v) is 8.98. The van der Waals surface area contributed by atoms with E-state index in [1.165, 1.54) is 12.4 Å². The van der Waals surface area contributed by atoms with E-state index in [0.29, 0.717) is 12.0 Å². The summed E-state index contributed by atoms with van der Waals surface area (Å²) < 4.78 is 25.7.